The minimum Gasteiger partial charge on any atom is -0.497 e. The number of hydrogen-bond donors (Lipinski definition) is 1. The van der Waals surface area contributed by atoms with Crippen LogP contribution >= 0.6 is 0 Å². The lowest BCUT2D eigenvalue weighted by atomic mass is 9.88. The van der Waals surface area contributed by atoms with E-state index in [4.69, 9.17) is 4.74 Å². The number of benzene rings is 3. The van der Waals surface area contributed by atoms with Crippen molar-refractivity contribution in [2.24, 2.45) is 0 Å². The zero-order chi connectivity index (χ0) is 28.5. The highest BCUT2D eigenvalue weighted by Gasteiger charge is 2.24. The molecule has 0 radical (unpaired) electrons. The van der Waals surface area contributed by atoms with Crippen LogP contribution in [0.5, 0.6) is 5.75 Å². The summed E-state index contributed by atoms with van der Waals surface area (Å²) >= 11 is 0. The maximum Gasteiger partial charge on any atom is 0.221 e. The topological polar surface area (TPSA) is 46.5 Å². The number of fused-ring (bicyclic) bond motifs is 1. The Kier molecular flexibility index (Phi) is 10.4. The Morgan fingerprint density at radius 3 is 2.38 bits per heavy atom. The molecule has 0 aliphatic carbocycles. The fourth-order valence-electron chi connectivity index (χ4n) is 5.47. The number of para-hydroxylation sites is 1. The summed E-state index contributed by atoms with van der Waals surface area (Å²) in [7, 11) is 1.66. The molecule has 1 amide bonds. The number of ether oxygens (including phenoxy) is 1. The van der Waals surface area contributed by atoms with Gasteiger partial charge in [0, 0.05) is 42.0 Å². The molecule has 212 valence electrons. The van der Waals surface area contributed by atoms with Gasteiger partial charge < -0.3 is 19.5 Å². The zero-order valence-electron chi connectivity index (χ0n) is 24.2. The predicted octanol–water partition coefficient (Wildman–Crippen LogP) is 6.99. The molecule has 6 heteroatoms. The van der Waals surface area contributed by atoms with Crippen molar-refractivity contribution in [2.75, 3.05) is 26.7 Å². The molecular weight excluding hydrogens is 501 g/mol. The average molecular weight is 544 g/mol. The van der Waals surface area contributed by atoms with Crippen molar-refractivity contribution in [1.29, 1.82) is 0 Å². The summed E-state index contributed by atoms with van der Waals surface area (Å²) in [5.41, 5.74) is 4.28. The Balaban J connectivity index is 1.59. The summed E-state index contributed by atoms with van der Waals surface area (Å²) in [4.78, 5) is 15.8. The van der Waals surface area contributed by atoms with Gasteiger partial charge in [-0.1, -0.05) is 56.3 Å². The van der Waals surface area contributed by atoms with Gasteiger partial charge in [-0.2, -0.15) is 0 Å². The van der Waals surface area contributed by atoms with E-state index in [1.165, 1.54) is 12.1 Å². The number of methoxy groups -OCH3 is 1. The van der Waals surface area contributed by atoms with E-state index in [1.54, 1.807) is 7.11 Å². The fraction of sp³-hybridized carbons (Fsp3) is 0.382. The van der Waals surface area contributed by atoms with E-state index in [9.17, 15) is 9.18 Å². The van der Waals surface area contributed by atoms with E-state index in [-0.39, 0.29) is 23.7 Å². The summed E-state index contributed by atoms with van der Waals surface area (Å²) in [6.07, 6.45) is 4.51. The van der Waals surface area contributed by atoms with Crippen LogP contribution in [0, 0.1) is 5.82 Å². The smallest absolute Gasteiger partial charge is 0.221 e. The number of halogens is 1. The van der Waals surface area contributed by atoms with E-state index < -0.39 is 0 Å². The zero-order valence-corrected chi connectivity index (χ0v) is 24.2. The van der Waals surface area contributed by atoms with E-state index in [2.05, 4.69) is 66.0 Å². The van der Waals surface area contributed by atoms with Crippen LogP contribution in [-0.2, 0) is 11.3 Å². The van der Waals surface area contributed by atoms with Gasteiger partial charge >= 0.3 is 0 Å². The van der Waals surface area contributed by atoms with Gasteiger partial charge in [0.1, 0.15) is 11.6 Å². The van der Waals surface area contributed by atoms with Gasteiger partial charge in [0.25, 0.3) is 0 Å². The Bertz CT molecular complexity index is 1360. The summed E-state index contributed by atoms with van der Waals surface area (Å²) < 4.78 is 21.1. The number of nitrogens with one attached hydrogen (secondary N) is 1. The van der Waals surface area contributed by atoms with Gasteiger partial charge in [0.15, 0.2) is 0 Å². The average Bonchev–Trinajstić information content (AvgIpc) is 3.33. The van der Waals surface area contributed by atoms with Crippen molar-refractivity contribution in [2.45, 2.75) is 58.5 Å². The first-order chi connectivity index (χ1) is 19.4. The van der Waals surface area contributed by atoms with Crippen LogP contribution in [-0.4, -0.2) is 48.2 Å². The second-order valence-corrected chi connectivity index (χ2v) is 10.5. The number of hydrogen-bond acceptors (Lipinski definition) is 3. The summed E-state index contributed by atoms with van der Waals surface area (Å²) in [5.74, 6) is 0.460. The Morgan fingerprint density at radius 2 is 1.70 bits per heavy atom. The monoisotopic (exact) mass is 543 g/mol. The molecule has 0 fully saturated rings. The molecule has 0 aliphatic rings. The van der Waals surface area contributed by atoms with Gasteiger partial charge in [-0.15, -0.1) is 0 Å². The summed E-state index contributed by atoms with van der Waals surface area (Å²) in [6, 6.07) is 23.0. The van der Waals surface area contributed by atoms with Gasteiger partial charge in [0.05, 0.1) is 7.11 Å². The predicted molar refractivity (Wildman–Crippen MR) is 162 cm³/mol. The fourth-order valence-corrected chi connectivity index (χ4v) is 5.47. The lowest BCUT2D eigenvalue weighted by Crippen LogP contribution is -2.34. The Hall–Kier alpha value is -3.64. The SMILES string of the molecule is CCN(CC)CCC[C@H](C)NC(=O)C[C@H](c1ccc(OC)cc1)c1cn(Cc2ccc(F)cc2)c2ccccc12. The van der Waals surface area contributed by atoms with Crippen molar-refractivity contribution in [3.63, 3.8) is 0 Å². The molecule has 0 aliphatic heterocycles. The third kappa shape index (κ3) is 7.51. The number of carbonyl (C=O) groups excluding carboxylic acids is 1. The molecule has 0 saturated heterocycles. The minimum absolute atomic E-state index is 0.0477. The van der Waals surface area contributed by atoms with Gasteiger partial charge in [-0.25, -0.2) is 4.39 Å². The molecule has 0 spiro atoms. The lowest BCUT2D eigenvalue weighted by Gasteiger charge is -2.21. The van der Waals surface area contributed by atoms with Crippen molar-refractivity contribution < 1.29 is 13.9 Å². The highest BCUT2D eigenvalue weighted by molar-refractivity contribution is 5.87. The number of carbonyl (C=O) groups is 1. The van der Waals surface area contributed by atoms with Crippen molar-refractivity contribution in [1.82, 2.24) is 14.8 Å². The number of aromatic nitrogens is 1. The Labute approximate surface area is 238 Å². The molecule has 2 atom stereocenters. The molecule has 5 nitrogen and oxygen atoms in total. The van der Waals surface area contributed by atoms with E-state index in [0.29, 0.717) is 13.0 Å². The lowest BCUT2D eigenvalue weighted by molar-refractivity contribution is -0.121. The molecule has 0 unspecified atom stereocenters. The van der Waals surface area contributed by atoms with Crippen molar-refractivity contribution >= 4 is 16.8 Å². The molecule has 0 saturated carbocycles. The van der Waals surface area contributed by atoms with Crippen LogP contribution in [0.3, 0.4) is 0 Å². The van der Waals surface area contributed by atoms with Crippen LogP contribution in [0.2, 0.25) is 0 Å². The molecule has 40 heavy (non-hydrogen) atoms. The number of amides is 1. The van der Waals surface area contributed by atoms with Crippen LogP contribution in [0.15, 0.2) is 79.0 Å². The highest BCUT2D eigenvalue weighted by Crippen LogP contribution is 2.36. The first kappa shape index (κ1) is 29.3. The molecular formula is C34H42FN3O2. The second-order valence-electron chi connectivity index (χ2n) is 10.5. The van der Waals surface area contributed by atoms with E-state index >= 15 is 0 Å². The second kappa shape index (κ2) is 14.1. The molecule has 4 aromatic rings. The highest BCUT2D eigenvalue weighted by atomic mass is 19.1. The largest absolute Gasteiger partial charge is 0.497 e. The Morgan fingerprint density at radius 1 is 1.00 bits per heavy atom. The van der Waals surface area contributed by atoms with E-state index in [1.807, 2.05) is 36.4 Å². The maximum absolute atomic E-state index is 13.5. The standard InChI is InChI=1S/C34H42FN3O2/c1-5-37(6-2)21-9-10-25(3)36-34(39)22-31(27-15-19-29(40-4)20-16-27)32-24-38(33-12-8-7-11-30(32)33)23-26-13-17-28(35)18-14-26/h7-8,11-20,24-25,31H,5-6,9-10,21-23H2,1-4H3,(H,36,39)/t25-,31+/m0/s1. The quantitative estimate of drug-likeness (QED) is 0.187. The maximum atomic E-state index is 13.5. The normalized spacial score (nSPS) is 12.9. The van der Waals surface area contributed by atoms with Gasteiger partial charge in [0.2, 0.25) is 5.91 Å². The third-order valence-corrected chi connectivity index (χ3v) is 7.78. The van der Waals surface area contributed by atoms with Crippen molar-refractivity contribution in [3.05, 3.63) is 102 Å². The summed E-state index contributed by atoms with van der Waals surface area (Å²) in [5, 5.41) is 4.37. The van der Waals surface area contributed by atoms with Crippen LogP contribution in [0.4, 0.5) is 4.39 Å². The van der Waals surface area contributed by atoms with Gasteiger partial charge in [-0.05, 0) is 86.4 Å². The van der Waals surface area contributed by atoms with Crippen LogP contribution < -0.4 is 10.1 Å². The van der Waals surface area contributed by atoms with Gasteiger partial charge in [-0.3, -0.25) is 4.79 Å². The molecule has 1 aromatic heterocycles. The molecule has 1 heterocycles. The van der Waals surface area contributed by atoms with E-state index in [0.717, 1.165) is 65.8 Å². The minimum atomic E-state index is -0.241. The number of rotatable bonds is 14. The molecule has 0 bridgehead atoms. The van der Waals surface area contributed by atoms with Crippen LogP contribution in [0.1, 0.15) is 62.6 Å². The molecule has 3 aromatic carbocycles. The van der Waals surface area contributed by atoms with Crippen LogP contribution in [0.25, 0.3) is 10.9 Å². The number of nitrogens with zero attached hydrogens (tertiary/aromatic N) is 2. The first-order valence-corrected chi connectivity index (χ1v) is 14.4. The van der Waals surface area contributed by atoms with Crippen molar-refractivity contribution in [3.8, 4) is 5.75 Å². The third-order valence-electron chi connectivity index (χ3n) is 7.78. The summed E-state index contributed by atoms with van der Waals surface area (Å²) in [6.45, 7) is 10.2. The first-order valence-electron chi connectivity index (χ1n) is 14.4. The molecule has 1 N–H and O–H groups in total. The molecule has 4 rings (SSSR count).